The Morgan fingerprint density at radius 2 is 1.48 bits per heavy atom. The molecule has 0 aliphatic heterocycles. The number of benzene rings is 1. The summed E-state index contributed by atoms with van der Waals surface area (Å²) < 4.78 is 0. The predicted octanol–water partition coefficient (Wildman–Crippen LogP) is 6.26. The average Bonchev–Trinajstić information content (AvgIpc) is 3.55. The number of carbonyl (C=O) groups excluding carboxylic acids is 2. The molecule has 0 aliphatic carbocycles. The molecular formula is C35H47NO9S. The minimum absolute atomic E-state index is 0.118. The first-order chi connectivity index (χ1) is 22.0. The maximum absolute atomic E-state index is 13.3. The molecule has 0 spiro atoms. The van der Waals surface area contributed by atoms with E-state index in [1.807, 2.05) is 29.0 Å². The van der Waals surface area contributed by atoms with Crippen LogP contribution in [0.3, 0.4) is 0 Å². The normalized spacial score (nSPS) is 14.0. The summed E-state index contributed by atoms with van der Waals surface area (Å²) in [5, 5.41) is 46.0. The Bertz CT molecular complexity index is 1290. The molecule has 1 aromatic heterocycles. The van der Waals surface area contributed by atoms with E-state index < -0.39 is 47.8 Å². The van der Waals surface area contributed by atoms with Crippen molar-refractivity contribution in [1.82, 2.24) is 5.32 Å². The molecule has 252 valence electrons. The highest BCUT2D eigenvalue weighted by atomic mass is 32.1. The standard InChI is InChI=1S/C35H47NO9S/c1-2-3-4-7-10-13-28(37)14-11-8-5-6-9-12-15-29(35(45,34(43)44)23-31(38)39)32(40)36-30(33(41)42)22-25-16-18-26(19-17-25)27-20-21-46-24-27/h12,15-21,24,29-30,45H,2-11,13-14,22-23H2,1H3,(H,36,40)(H,38,39)(H,41,42)(H,43,44)/b15-12+. The van der Waals surface area contributed by atoms with Crippen molar-refractivity contribution in [2.75, 3.05) is 0 Å². The number of allylic oxidation sites excluding steroid dienone is 1. The van der Waals surface area contributed by atoms with Crippen molar-refractivity contribution in [1.29, 1.82) is 0 Å². The number of amides is 1. The van der Waals surface area contributed by atoms with Crippen LogP contribution in [-0.4, -0.2) is 61.7 Å². The number of rotatable bonds is 24. The molecule has 1 amide bonds. The Hall–Kier alpha value is -3.83. The van der Waals surface area contributed by atoms with Gasteiger partial charge in [-0.05, 0) is 59.2 Å². The predicted molar refractivity (Wildman–Crippen MR) is 177 cm³/mol. The first-order valence-electron chi connectivity index (χ1n) is 16.0. The lowest BCUT2D eigenvalue weighted by Crippen LogP contribution is -2.55. The minimum Gasteiger partial charge on any atom is -0.481 e. The molecule has 2 aromatic rings. The number of thiophene rings is 1. The molecule has 0 fully saturated rings. The summed E-state index contributed by atoms with van der Waals surface area (Å²) in [6.45, 7) is 2.15. The van der Waals surface area contributed by atoms with Crippen LogP contribution in [0.15, 0.2) is 53.2 Å². The molecule has 1 heterocycles. The fraction of sp³-hybridized carbons (Fsp3) is 0.514. The summed E-state index contributed by atoms with van der Waals surface area (Å²) in [6.07, 6.45) is 11.4. The zero-order valence-corrected chi connectivity index (χ0v) is 27.3. The van der Waals surface area contributed by atoms with Crippen LogP contribution >= 0.6 is 11.3 Å². The van der Waals surface area contributed by atoms with Gasteiger partial charge in [-0.25, -0.2) is 9.59 Å². The van der Waals surface area contributed by atoms with Crippen molar-refractivity contribution in [2.24, 2.45) is 5.92 Å². The van der Waals surface area contributed by atoms with Gasteiger partial charge in [0, 0.05) is 19.3 Å². The molecule has 1 aromatic carbocycles. The van der Waals surface area contributed by atoms with Gasteiger partial charge in [-0.3, -0.25) is 14.4 Å². The minimum atomic E-state index is -3.01. The molecule has 0 saturated carbocycles. The molecule has 0 aliphatic rings. The van der Waals surface area contributed by atoms with Crippen LogP contribution in [0.5, 0.6) is 0 Å². The first kappa shape index (κ1) is 38.4. The molecule has 0 saturated heterocycles. The summed E-state index contributed by atoms with van der Waals surface area (Å²) in [6, 6.07) is 7.61. The number of hydrogen-bond donors (Lipinski definition) is 5. The van der Waals surface area contributed by atoms with Crippen molar-refractivity contribution in [3.8, 4) is 11.1 Å². The van der Waals surface area contributed by atoms with Crippen LogP contribution in [-0.2, 0) is 30.4 Å². The Balaban J connectivity index is 1.99. The number of nitrogens with one attached hydrogen (secondary N) is 1. The largest absolute Gasteiger partial charge is 0.481 e. The molecule has 11 heteroatoms. The molecule has 0 bridgehead atoms. The fourth-order valence-electron chi connectivity index (χ4n) is 5.19. The number of aliphatic hydroxyl groups is 1. The number of aliphatic carboxylic acids is 3. The van der Waals surface area contributed by atoms with Gasteiger partial charge in [-0.15, -0.1) is 0 Å². The third-order valence-electron chi connectivity index (χ3n) is 7.92. The number of carboxylic acids is 3. The van der Waals surface area contributed by atoms with Crippen LogP contribution in [0.1, 0.15) is 96.0 Å². The zero-order chi connectivity index (χ0) is 34.0. The number of hydrogen-bond acceptors (Lipinski definition) is 7. The summed E-state index contributed by atoms with van der Waals surface area (Å²) in [5.74, 6) is -7.62. The summed E-state index contributed by atoms with van der Waals surface area (Å²) >= 11 is 1.54. The second-order valence-corrected chi connectivity index (χ2v) is 12.5. The third-order valence-corrected chi connectivity index (χ3v) is 8.60. The Labute approximate surface area is 274 Å². The topological polar surface area (TPSA) is 178 Å². The van der Waals surface area contributed by atoms with Gasteiger partial charge in [-0.2, -0.15) is 11.3 Å². The molecule has 2 rings (SSSR count). The molecule has 5 N–H and O–H groups in total. The Kier molecular flexibility index (Phi) is 16.9. The highest BCUT2D eigenvalue weighted by molar-refractivity contribution is 7.08. The van der Waals surface area contributed by atoms with Crippen LogP contribution < -0.4 is 5.32 Å². The van der Waals surface area contributed by atoms with E-state index in [1.165, 1.54) is 12.5 Å². The quantitative estimate of drug-likeness (QED) is 0.0644. The summed E-state index contributed by atoms with van der Waals surface area (Å²) in [7, 11) is 0. The fourth-order valence-corrected chi connectivity index (χ4v) is 5.86. The van der Waals surface area contributed by atoms with E-state index in [1.54, 1.807) is 23.5 Å². The number of Topliss-reactive ketones (excluding diaryl/α,β-unsaturated/α-hetero) is 1. The first-order valence-corrected chi connectivity index (χ1v) is 16.9. The van der Waals surface area contributed by atoms with E-state index >= 15 is 0 Å². The van der Waals surface area contributed by atoms with Gasteiger partial charge in [0.15, 0.2) is 5.60 Å². The van der Waals surface area contributed by atoms with Gasteiger partial charge in [0.1, 0.15) is 11.8 Å². The zero-order valence-electron chi connectivity index (χ0n) is 26.5. The number of carbonyl (C=O) groups is 5. The average molecular weight is 658 g/mol. The van der Waals surface area contributed by atoms with Crippen LogP contribution in [0.4, 0.5) is 0 Å². The lowest BCUT2D eigenvalue weighted by atomic mass is 9.82. The van der Waals surface area contributed by atoms with E-state index in [-0.39, 0.29) is 12.2 Å². The molecule has 3 atom stereocenters. The number of carboxylic acid groups (broad SMARTS) is 3. The maximum Gasteiger partial charge on any atom is 0.337 e. The van der Waals surface area contributed by atoms with Crippen molar-refractivity contribution in [2.45, 2.75) is 108 Å². The lowest BCUT2D eigenvalue weighted by molar-refractivity contribution is -0.172. The van der Waals surface area contributed by atoms with Gasteiger partial charge in [0.25, 0.3) is 0 Å². The molecule has 10 nitrogen and oxygen atoms in total. The highest BCUT2D eigenvalue weighted by Crippen LogP contribution is 2.26. The second-order valence-electron chi connectivity index (χ2n) is 11.7. The summed E-state index contributed by atoms with van der Waals surface area (Å²) in [4.78, 5) is 60.9. The smallest absolute Gasteiger partial charge is 0.337 e. The second kappa shape index (κ2) is 20.3. The van der Waals surface area contributed by atoms with Gasteiger partial charge < -0.3 is 25.7 Å². The van der Waals surface area contributed by atoms with Crippen molar-refractivity contribution < 1.29 is 44.4 Å². The van der Waals surface area contributed by atoms with Gasteiger partial charge >= 0.3 is 17.9 Å². The van der Waals surface area contributed by atoms with Gasteiger partial charge in [0.05, 0.1) is 12.3 Å². The maximum atomic E-state index is 13.3. The summed E-state index contributed by atoms with van der Waals surface area (Å²) in [5.41, 5.74) is -0.451. The lowest BCUT2D eigenvalue weighted by Gasteiger charge is -2.29. The number of unbranched alkanes of at least 4 members (excludes halogenated alkanes) is 8. The molecule has 0 radical (unpaired) electrons. The van der Waals surface area contributed by atoms with E-state index in [4.69, 9.17) is 0 Å². The molecule has 46 heavy (non-hydrogen) atoms. The van der Waals surface area contributed by atoms with Crippen molar-refractivity contribution >= 4 is 40.9 Å². The van der Waals surface area contributed by atoms with E-state index in [9.17, 15) is 44.4 Å². The Morgan fingerprint density at radius 3 is 2.02 bits per heavy atom. The van der Waals surface area contributed by atoms with Crippen LogP contribution in [0, 0.1) is 5.92 Å². The molecule has 3 unspecified atom stereocenters. The third kappa shape index (κ3) is 13.3. The van der Waals surface area contributed by atoms with Gasteiger partial charge in [-0.1, -0.05) is 81.9 Å². The van der Waals surface area contributed by atoms with Crippen molar-refractivity contribution in [3.05, 3.63) is 58.8 Å². The van der Waals surface area contributed by atoms with Crippen molar-refractivity contribution in [3.63, 3.8) is 0 Å². The highest BCUT2D eigenvalue weighted by Gasteiger charge is 2.49. The van der Waals surface area contributed by atoms with Gasteiger partial charge in [0.2, 0.25) is 5.91 Å². The molecular weight excluding hydrogens is 610 g/mol. The number of ketones is 1. The monoisotopic (exact) mass is 657 g/mol. The van der Waals surface area contributed by atoms with Crippen LogP contribution in [0.2, 0.25) is 0 Å². The van der Waals surface area contributed by atoms with E-state index in [0.717, 1.165) is 62.1 Å². The van der Waals surface area contributed by atoms with E-state index in [2.05, 4.69) is 12.2 Å². The SMILES string of the molecule is CCCCCCCC(=O)CCCCCC/C=C/C(C(=O)NC(Cc1ccc(-c2ccsc2)cc1)C(=O)O)C(O)(CC(=O)O)C(=O)O. The van der Waals surface area contributed by atoms with Crippen LogP contribution in [0.25, 0.3) is 11.1 Å². The van der Waals surface area contributed by atoms with E-state index in [0.29, 0.717) is 31.2 Å². The Morgan fingerprint density at radius 1 is 0.848 bits per heavy atom.